The van der Waals surface area contributed by atoms with Crippen LogP contribution in [-0.2, 0) is 30.5 Å². The summed E-state index contributed by atoms with van der Waals surface area (Å²) in [5.41, 5.74) is -0.412. The molecule has 178 valence electrons. The second-order valence-electron chi connectivity index (χ2n) is 7.78. The number of amides is 2. The molecule has 2 amide bonds. The number of nitrogens with zero attached hydrogens (tertiary/aromatic N) is 5. The molecule has 11 nitrogen and oxygen atoms in total. The van der Waals surface area contributed by atoms with Crippen LogP contribution in [0.4, 0.5) is 13.2 Å². The molecule has 1 unspecified atom stereocenters. The van der Waals surface area contributed by atoms with Crippen LogP contribution in [0.3, 0.4) is 0 Å². The first-order chi connectivity index (χ1) is 15.5. The van der Waals surface area contributed by atoms with Crippen molar-refractivity contribution >= 4 is 11.8 Å². The van der Waals surface area contributed by atoms with Gasteiger partial charge in [-0.25, -0.2) is 4.98 Å². The maximum atomic E-state index is 12.8. The van der Waals surface area contributed by atoms with Crippen molar-refractivity contribution in [3.8, 4) is 0 Å². The Morgan fingerprint density at radius 3 is 2.67 bits per heavy atom. The van der Waals surface area contributed by atoms with Gasteiger partial charge in [-0.3, -0.25) is 19.4 Å². The zero-order chi connectivity index (χ0) is 24.2. The molecule has 0 saturated carbocycles. The van der Waals surface area contributed by atoms with Gasteiger partial charge in [0.2, 0.25) is 5.91 Å². The number of hydrogen-bond donors (Lipinski definition) is 4. The van der Waals surface area contributed by atoms with Crippen LogP contribution in [0.15, 0.2) is 18.7 Å². The van der Waals surface area contributed by atoms with Crippen LogP contribution >= 0.6 is 0 Å². The summed E-state index contributed by atoms with van der Waals surface area (Å²) in [4.78, 5) is 31.4. The number of rotatable bonds is 9. The largest absolute Gasteiger partial charge is 0.433 e. The van der Waals surface area contributed by atoms with Crippen molar-refractivity contribution in [2.24, 2.45) is 5.92 Å². The standard InChI is InChI=1S/C19H24F3N9O2/c1-10(4-13-5-23-9-25-13)17(32)26-11(2)7-31-8-14(27-30-31)6-24-18(33)15-12(3)16(29-28-15)19(20,21)22/h5,8-11H,4,6-7H2,1-3H3,(H,23,25)(H,24,33)(H,26,32)(H,28,29)/t10?,11-/m0/s1. The Hall–Kier alpha value is -3.71. The summed E-state index contributed by atoms with van der Waals surface area (Å²) in [6.07, 6.45) is 0.719. The highest BCUT2D eigenvalue weighted by Gasteiger charge is 2.36. The van der Waals surface area contributed by atoms with Crippen molar-refractivity contribution in [3.63, 3.8) is 0 Å². The highest BCUT2D eigenvalue weighted by Crippen LogP contribution is 2.30. The Bertz CT molecular complexity index is 1090. The zero-order valence-corrected chi connectivity index (χ0v) is 18.2. The molecule has 0 aliphatic carbocycles. The van der Waals surface area contributed by atoms with E-state index < -0.39 is 17.8 Å². The Balaban J connectivity index is 1.48. The van der Waals surface area contributed by atoms with Gasteiger partial charge in [-0.15, -0.1) is 5.10 Å². The van der Waals surface area contributed by atoms with E-state index in [9.17, 15) is 22.8 Å². The number of aromatic nitrogens is 7. The first-order valence-corrected chi connectivity index (χ1v) is 10.1. The van der Waals surface area contributed by atoms with E-state index in [0.717, 1.165) is 5.69 Å². The Labute approximate surface area is 186 Å². The lowest BCUT2D eigenvalue weighted by molar-refractivity contribution is -0.141. The van der Waals surface area contributed by atoms with Gasteiger partial charge in [0.05, 0.1) is 25.6 Å². The van der Waals surface area contributed by atoms with Gasteiger partial charge in [0.25, 0.3) is 5.91 Å². The normalized spacial score (nSPS) is 13.5. The number of hydrogen-bond acceptors (Lipinski definition) is 6. The Morgan fingerprint density at radius 1 is 1.27 bits per heavy atom. The van der Waals surface area contributed by atoms with Gasteiger partial charge in [-0.1, -0.05) is 12.1 Å². The maximum Gasteiger partial charge on any atom is 0.433 e. The average Bonchev–Trinajstić information content (AvgIpc) is 3.47. The molecule has 0 bridgehead atoms. The highest BCUT2D eigenvalue weighted by molar-refractivity contribution is 5.93. The SMILES string of the molecule is Cc1c(C(=O)NCc2cn(C[C@H](C)NC(=O)C(C)Cc3cnc[nH]3)nn2)n[nH]c1C(F)(F)F. The average molecular weight is 467 g/mol. The molecule has 0 radical (unpaired) electrons. The molecule has 0 spiro atoms. The van der Waals surface area contributed by atoms with E-state index in [1.165, 1.54) is 11.6 Å². The third-order valence-electron chi connectivity index (χ3n) is 4.90. The minimum Gasteiger partial charge on any atom is -0.352 e. The molecule has 3 aromatic rings. The lowest BCUT2D eigenvalue weighted by atomic mass is 10.0. The van der Waals surface area contributed by atoms with Crippen LogP contribution in [0.25, 0.3) is 0 Å². The minimum atomic E-state index is -4.62. The summed E-state index contributed by atoms with van der Waals surface area (Å²) in [5, 5.41) is 18.6. The van der Waals surface area contributed by atoms with Crippen molar-refractivity contribution in [1.82, 2.24) is 45.8 Å². The fourth-order valence-electron chi connectivity index (χ4n) is 3.19. The molecule has 0 aliphatic heterocycles. The highest BCUT2D eigenvalue weighted by atomic mass is 19.4. The molecule has 0 saturated heterocycles. The number of carbonyl (C=O) groups excluding carboxylic acids is 2. The number of alkyl halides is 3. The van der Waals surface area contributed by atoms with Crippen LogP contribution < -0.4 is 10.6 Å². The first kappa shape index (κ1) is 23.9. The molecular formula is C19H24F3N9O2. The lowest BCUT2D eigenvalue weighted by Gasteiger charge is -2.17. The number of aromatic amines is 2. The molecule has 3 rings (SSSR count). The van der Waals surface area contributed by atoms with Crippen LogP contribution in [0.5, 0.6) is 0 Å². The molecular weight excluding hydrogens is 443 g/mol. The van der Waals surface area contributed by atoms with Crippen LogP contribution in [0.1, 0.15) is 47.0 Å². The van der Waals surface area contributed by atoms with Gasteiger partial charge in [-0.05, 0) is 13.8 Å². The van der Waals surface area contributed by atoms with E-state index >= 15 is 0 Å². The van der Waals surface area contributed by atoms with Crippen LogP contribution in [-0.4, -0.2) is 53.0 Å². The van der Waals surface area contributed by atoms with Gasteiger partial charge in [-0.2, -0.15) is 18.3 Å². The van der Waals surface area contributed by atoms with Crippen molar-refractivity contribution in [2.75, 3.05) is 0 Å². The van der Waals surface area contributed by atoms with Gasteiger partial charge < -0.3 is 15.6 Å². The van der Waals surface area contributed by atoms with E-state index in [1.807, 2.05) is 18.9 Å². The number of imidazole rings is 1. The first-order valence-electron chi connectivity index (χ1n) is 10.1. The minimum absolute atomic E-state index is 0.0472. The fourth-order valence-corrected chi connectivity index (χ4v) is 3.19. The summed E-state index contributed by atoms with van der Waals surface area (Å²) in [5.74, 6) is -1.13. The molecule has 0 aromatic carbocycles. The molecule has 33 heavy (non-hydrogen) atoms. The number of H-pyrrole nitrogens is 2. The predicted octanol–water partition coefficient (Wildman–Crippen LogP) is 1.37. The van der Waals surface area contributed by atoms with Crippen molar-refractivity contribution in [2.45, 2.75) is 52.5 Å². The quantitative estimate of drug-likeness (QED) is 0.374. The van der Waals surface area contributed by atoms with Crippen molar-refractivity contribution < 1.29 is 22.8 Å². The Kier molecular flexibility index (Phi) is 7.13. The third-order valence-corrected chi connectivity index (χ3v) is 4.90. The van der Waals surface area contributed by atoms with E-state index in [2.05, 4.69) is 36.0 Å². The molecule has 2 atom stereocenters. The van der Waals surface area contributed by atoms with E-state index in [1.54, 1.807) is 18.7 Å². The fraction of sp³-hybridized carbons (Fsp3) is 0.474. The molecule has 14 heteroatoms. The van der Waals surface area contributed by atoms with Gasteiger partial charge in [0.1, 0.15) is 11.4 Å². The topological polar surface area (TPSA) is 146 Å². The number of nitrogens with one attached hydrogen (secondary N) is 4. The number of carbonyl (C=O) groups is 2. The van der Waals surface area contributed by atoms with Crippen molar-refractivity contribution in [3.05, 3.63) is 47.1 Å². The third kappa shape index (κ3) is 6.17. The lowest BCUT2D eigenvalue weighted by Crippen LogP contribution is -2.39. The van der Waals surface area contributed by atoms with Gasteiger partial charge in [0, 0.05) is 35.8 Å². The van der Waals surface area contributed by atoms with E-state index in [4.69, 9.17) is 0 Å². The van der Waals surface area contributed by atoms with Crippen LogP contribution in [0.2, 0.25) is 0 Å². The summed E-state index contributed by atoms with van der Waals surface area (Å²) < 4.78 is 40.0. The maximum absolute atomic E-state index is 12.8. The summed E-state index contributed by atoms with van der Waals surface area (Å²) in [6, 6.07) is -0.238. The molecule has 4 N–H and O–H groups in total. The van der Waals surface area contributed by atoms with E-state index in [0.29, 0.717) is 18.7 Å². The second-order valence-corrected chi connectivity index (χ2v) is 7.78. The molecule has 3 aromatic heterocycles. The molecule has 0 fully saturated rings. The van der Waals surface area contributed by atoms with E-state index in [-0.39, 0.29) is 35.7 Å². The smallest absolute Gasteiger partial charge is 0.352 e. The Morgan fingerprint density at radius 2 is 2.03 bits per heavy atom. The summed E-state index contributed by atoms with van der Waals surface area (Å²) in [7, 11) is 0. The zero-order valence-electron chi connectivity index (χ0n) is 18.2. The summed E-state index contributed by atoms with van der Waals surface area (Å²) >= 11 is 0. The molecule has 3 heterocycles. The van der Waals surface area contributed by atoms with Crippen molar-refractivity contribution in [1.29, 1.82) is 0 Å². The van der Waals surface area contributed by atoms with Gasteiger partial charge >= 0.3 is 6.18 Å². The second kappa shape index (κ2) is 9.83. The number of halogens is 3. The predicted molar refractivity (Wildman–Crippen MR) is 109 cm³/mol. The monoisotopic (exact) mass is 467 g/mol. The van der Waals surface area contributed by atoms with Crippen LogP contribution in [0, 0.1) is 12.8 Å². The molecule has 0 aliphatic rings. The summed E-state index contributed by atoms with van der Waals surface area (Å²) in [6.45, 7) is 5.11. The van der Waals surface area contributed by atoms with Gasteiger partial charge in [0.15, 0.2) is 5.69 Å².